The van der Waals surface area contributed by atoms with Gasteiger partial charge in [-0.2, -0.15) is 0 Å². The Labute approximate surface area is 139 Å². The molecule has 0 saturated carbocycles. The van der Waals surface area contributed by atoms with E-state index in [-0.39, 0.29) is 17.8 Å². The number of carbonyl (C=O) groups is 1. The first-order valence-electron chi connectivity index (χ1n) is 6.19. The van der Waals surface area contributed by atoms with Crippen LogP contribution >= 0.6 is 34.5 Å². The summed E-state index contributed by atoms with van der Waals surface area (Å²) in [6, 6.07) is 8.77. The highest BCUT2D eigenvalue weighted by Gasteiger charge is 2.16. The molecular formula is C14H9Cl2N3O2S. The molecule has 5 nitrogen and oxygen atoms in total. The molecule has 0 atom stereocenters. The van der Waals surface area contributed by atoms with Crippen LogP contribution in [0.5, 0.6) is 0 Å². The van der Waals surface area contributed by atoms with Crippen LogP contribution in [0, 0.1) is 6.92 Å². The summed E-state index contributed by atoms with van der Waals surface area (Å²) in [6.07, 6.45) is 0. The molecule has 1 amide bonds. The average molecular weight is 354 g/mol. The number of hydrogen-bond donors (Lipinski definition) is 1. The molecule has 2 aromatic heterocycles. The Balaban J connectivity index is 1.78. The van der Waals surface area contributed by atoms with Crippen LogP contribution in [-0.2, 0) is 0 Å². The normalized spacial score (nSPS) is 10.7. The summed E-state index contributed by atoms with van der Waals surface area (Å²) < 4.78 is 6.36. The van der Waals surface area contributed by atoms with Gasteiger partial charge in [0.05, 0.1) is 9.90 Å². The molecule has 22 heavy (non-hydrogen) atoms. The molecule has 0 bridgehead atoms. The number of benzene rings is 1. The first-order valence-corrected chi connectivity index (χ1v) is 7.77. The maximum absolute atomic E-state index is 12.1. The standard InChI is InChI=1S/C14H9Cl2N3O2S/c1-7-2-4-8(5-3-7)12(20)17-14-19-18-13(21-14)9-6-10(15)22-11(9)16/h2-6H,1H3,(H,17,19,20). The second-order valence-electron chi connectivity index (χ2n) is 4.47. The minimum absolute atomic E-state index is 0.000959. The van der Waals surface area contributed by atoms with Gasteiger partial charge >= 0.3 is 6.01 Å². The minimum Gasteiger partial charge on any atom is -0.403 e. The molecule has 3 rings (SSSR count). The highest BCUT2D eigenvalue weighted by atomic mass is 35.5. The molecule has 1 aromatic carbocycles. The topological polar surface area (TPSA) is 68.0 Å². The Bertz CT molecular complexity index is 827. The lowest BCUT2D eigenvalue weighted by Crippen LogP contribution is -2.11. The van der Waals surface area contributed by atoms with E-state index in [1.807, 2.05) is 19.1 Å². The number of rotatable bonds is 3. The van der Waals surface area contributed by atoms with Gasteiger partial charge in [-0.3, -0.25) is 10.1 Å². The quantitative estimate of drug-likeness (QED) is 0.742. The van der Waals surface area contributed by atoms with Gasteiger partial charge in [0.25, 0.3) is 11.8 Å². The number of aromatic nitrogens is 2. The number of nitrogens with one attached hydrogen (secondary N) is 1. The van der Waals surface area contributed by atoms with E-state index in [2.05, 4.69) is 15.5 Å². The van der Waals surface area contributed by atoms with Gasteiger partial charge in [-0.15, -0.1) is 16.4 Å². The Morgan fingerprint density at radius 2 is 1.95 bits per heavy atom. The number of nitrogens with zero attached hydrogens (tertiary/aromatic N) is 2. The largest absolute Gasteiger partial charge is 0.403 e. The predicted molar refractivity (Wildman–Crippen MR) is 86.8 cm³/mol. The molecule has 0 unspecified atom stereocenters. The zero-order valence-corrected chi connectivity index (χ0v) is 13.6. The van der Waals surface area contributed by atoms with Crippen LogP contribution in [0.25, 0.3) is 11.5 Å². The van der Waals surface area contributed by atoms with Crippen LogP contribution in [0.4, 0.5) is 6.01 Å². The van der Waals surface area contributed by atoms with Crippen molar-refractivity contribution in [2.75, 3.05) is 5.32 Å². The highest BCUT2D eigenvalue weighted by molar-refractivity contribution is 7.20. The van der Waals surface area contributed by atoms with Crippen molar-refractivity contribution in [3.8, 4) is 11.5 Å². The average Bonchev–Trinajstić information content (AvgIpc) is 3.06. The Kier molecular flexibility index (Phi) is 4.15. The monoisotopic (exact) mass is 353 g/mol. The van der Waals surface area contributed by atoms with E-state index >= 15 is 0 Å². The molecule has 8 heteroatoms. The first-order chi connectivity index (χ1) is 10.5. The molecule has 0 fully saturated rings. The van der Waals surface area contributed by atoms with Gasteiger partial charge in [-0.1, -0.05) is 46.0 Å². The molecule has 3 aromatic rings. The van der Waals surface area contributed by atoms with E-state index in [9.17, 15) is 4.79 Å². The molecule has 1 N–H and O–H groups in total. The van der Waals surface area contributed by atoms with Gasteiger partial charge in [0, 0.05) is 5.56 Å². The van der Waals surface area contributed by atoms with Gasteiger partial charge in [-0.25, -0.2) is 0 Å². The van der Waals surface area contributed by atoms with Gasteiger partial charge in [0.15, 0.2) is 0 Å². The lowest BCUT2D eigenvalue weighted by molar-refractivity contribution is 0.102. The second kappa shape index (κ2) is 6.08. The SMILES string of the molecule is Cc1ccc(C(=O)Nc2nnc(-c3cc(Cl)sc3Cl)o2)cc1. The predicted octanol–water partition coefficient (Wildman–Crippen LogP) is 4.67. The molecule has 112 valence electrons. The van der Waals surface area contributed by atoms with Crippen molar-refractivity contribution in [3.63, 3.8) is 0 Å². The highest BCUT2D eigenvalue weighted by Crippen LogP contribution is 2.37. The number of aryl methyl sites for hydroxylation is 1. The number of carbonyl (C=O) groups excluding carboxylic acids is 1. The van der Waals surface area contributed by atoms with Crippen molar-refractivity contribution in [1.82, 2.24) is 10.2 Å². The molecule has 0 aliphatic rings. The van der Waals surface area contributed by atoms with Crippen molar-refractivity contribution >= 4 is 46.5 Å². The fraction of sp³-hybridized carbons (Fsp3) is 0.0714. The van der Waals surface area contributed by atoms with Crippen LogP contribution in [0.1, 0.15) is 15.9 Å². The molecule has 0 saturated heterocycles. The van der Waals surface area contributed by atoms with Crippen molar-refractivity contribution < 1.29 is 9.21 Å². The minimum atomic E-state index is -0.329. The van der Waals surface area contributed by atoms with Crippen LogP contribution < -0.4 is 5.32 Å². The van der Waals surface area contributed by atoms with Crippen molar-refractivity contribution in [2.24, 2.45) is 0 Å². The summed E-state index contributed by atoms with van der Waals surface area (Å²) in [5.74, 6) is -0.128. The summed E-state index contributed by atoms with van der Waals surface area (Å²) in [6.45, 7) is 1.95. The third-order valence-corrected chi connectivity index (χ3v) is 4.33. The number of amides is 1. The van der Waals surface area contributed by atoms with Crippen LogP contribution in [0.15, 0.2) is 34.7 Å². The maximum Gasteiger partial charge on any atom is 0.322 e. The number of hydrogen-bond acceptors (Lipinski definition) is 5. The van der Waals surface area contributed by atoms with Gasteiger partial charge in [0.1, 0.15) is 4.34 Å². The van der Waals surface area contributed by atoms with E-state index < -0.39 is 0 Å². The fourth-order valence-corrected chi connectivity index (χ4v) is 3.19. The molecular weight excluding hydrogens is 345 g/mol. The zero-order valence-electron chi connectivity index (χ0n) is 11.3. The van der Waals surface area contributed by atoms with Crippen LogP contribution in [0.2, 0.25) is 8.67 Å². The third-order valence-electron chi connectivity index (χ3n) is 2.85. The summed E-state index contributed by atoms with van der Waals surface area (Å²) in [5, 5.41) is 10.2. The Hall–Kier alpha value is -1.89. The van der Waals surface area contributed by atoms with Crippen molar-refractivity contribution in [3.05, 3.63) is 50.1 Å². The molecule has 0 spiro atoms. The lowest BCUT2D eigenvalue weighted by Gasteiger charge is -2.00. The fourth-order valence-electron chi connectivity index (χ4n) is 1.74. The molecule has 0 radical (unpaired) electrons. The van der Waals surface area contributed by atoms with Gasteiger partial charge in [-0.05, 0) is 25.1 Å². The number of halogens is 2. The maximum atomic E-state index is 12.1. The van der Waals surface area contributed by atoms with E-state index in [0.29, 0.717) is 19.8 Å². The Morgan fingerprint density at radius 1 is 1.23 bits per heavy atom. The summed E-state index contributed by atoms with van der Waals surface area (Å²) >= 11 is 13.1. The smallest absolute Gasteiger partial charge is 0.322 e. The van der Waals surface area contributed by atoms with Crippen LogP contribution in [0.3, 0.4) is 0 Å². The second-order valence-corrected chi connectivity index (χ2v) is 6.76. The van der Waals surface area contributed by atoms with Crippen LogP contribution in [-0.4, -0.2) is 16.1 Å². The Morgan fingerprint density at radius 3 is 2.59 bits per heavy atom. The lowest BCUT2D eigenvalue weighted by atomic mass is 10.1. The van der Waals surface area contributed by atoms with E-state index in [0.717, 1.165) is 5.56 Å². The van der Waals surface area contributed by atoms with E-state index in [1.165, 1.54) is 11.3 Å². The first kappa shape index (κ1) is 15.0. The van der Waals surface area contributed by atoms with Crippen molar-refractivity contribution in [2.45, 2.75) is 6.92 Å². The van der Waals surface area contributed by atoms with Gasteiger partial charge in [0.2, 0.25) is 0 Å². The molecule has 2 heterocycles. The number of thiophene rings is 1. The summed E-state index contributed by atoms with van der Waals surface area (Å²) in [4.78, 5) is 12.1. The van der Waals surface area contributed by atoms with E-state index in [4.69, 9.17) is 27.6 Å². The molecule has 0 aliphatic heterocycles. The third kappa shape index (κ3) is 3.14. The van der Waals surface area contributed by atoms with Gasteiger partial charge < -0.3 is 4.42 Å². The summed E-state index contributed by atoms with van der Waals surface area (Å²) in [7, 11) is 0. The van der Waals surface area contributed by atoms with Crippen molar-refractivity contribution in [1.29, 1.82) is 0 Å². The summed E-state index contributed by atoms with van der Waals surface area (Å²) in [5.41, 5.74) is 2.11. The number of anilines is 1. The molecule has 0 aliphatic carbocycles. The van der Waals surface area contributed by atoms with E-state index in [1.54, 1.807) is 18.2 Å². The zero-order chi connectivity index (χ0) is 15.7.